The third kappa shape index (κ3) is 5.20. The highest BCUT2D eigenvalue weighted by Gasteiger charge is 2.32. The van der Waals surface area contributed by atoms with Gasteiger partial charge in [0.15, 0.2) is 0 Å². The molecule has 0 saturated carbocycles. The Balaban J connectivity index is 1.51. The van der Waals surface area contributed by atoms with Crippen molar-refractivity contribution in [2.75, 3.05) is 18.7 Å². The topological polar surface area (TPSA) is 69.0 Å². The van der Waals surface area contributed by atoms with Crippen LogP contribution in [0.25, 0.3) is 23.0 Å². The van der Waals surface area contributed by atoms with Crippen molar-refractivity contribution in [2.24, 2.45) is 5.10 Å². The number of rotatable bonds is 8. The van der Waals surface area contributed by atoms with Crippen LogP contribution in [0.3, 0.4) is 0 Å². The van der Waals surface area contributed by atoms with Gasteiger partial charge in [-0.3, -0.25) is 4.79 Å². The van der Waals surface area contributed by atoms with Gasteiger partial charge >= 0.3 is 0 Å². The van der Waals surface area contributed by atoms with Crippen molar-refractivity contribution in [3.05, 3.63) is 132 Å². The highest BCUT2D eigenvalue weighted by molar-refractivity contribution is 6.37. The summed E-state index contributed by atoms with van der Waals surface area (Å²) in [6, 6.07) is 33.0. The van der Waals surface area contributed by atoms with Crippen LogP contribution in [0.4, 0.5) is 5.69 Å². The first-order valence-electron chi connectivity index (χ1n) is 13.8. The average molecular weight is 555 g/mol. The number of aryl methyl sites for hydroxylation is 1. The summed E-state index contributed by atoms with van der Waals surface area (Å²) in [6.45, 7) is 4.58. The molecule has 6 rings (SSSR count). The molecule has 5 aromatic rings. The summed E-state index contributed by atoms with van der Waals surface area (Å²) in [5.41, 5.74) is 6.94. The van der Waals surface area contributed by atoms with Crippen LogP contribution in [0.2, 0.25) is 0 Å². The number of aromatic nitrogens is 2. The van der Waals surface area contributed by atoms with Crippen LogP contribution in [-0.2, 0) is 4.79 Å². The lowest BCUT2D eigenvalue weighted by Crippen LogP contribution is -2.21. The zero-order valence-corrected chi connectivity index (χ0v) is 23.7. The molecule has 4 aromatic carbocycles. The summed E-state index contributed by atoms with van der Waals surface area (Å²) in [7, 11) is 1.63. The van der Waals surface area contributed by atoms with Gasteiger partial charge in [-0.05, 0) is 92.2 Å². The second-order valence-corrected chi connectivity index (χ2v) is 9.81. The number of ether oxygens (including phenoxy) is 2. The Labute approximate surface area is 245 Å². The summed E-state index contributed by atoms with van der Waals surface area (Å²) in [4.78, 5) is 14.0. The number of anilines is 1. The van der Waals surface area contributed by atoms with Crippen molar-refractivity contribution in [1.29, 1.82) is 0 Å². The quantitative estimate of drug-likeness (QED) is 0.192. The van der Waals surface area contributed by atoms with Crippen molar-refractivity contribution >= 4 is 23.4 Å². The molecule has 2 heterocycles. The van der Waals surface area contributed by atoms with Gasteiger partial charge in [0, 0.05) is 22.9 Å². The predicted octanol–water partition coefficient (Wildman–Crippen LogP) is 7.09. The zero-order chi connectivity index (χ0) is 29.1. The molecule has 0 saturated heterocycles. The molecule has 0 spiro atoms. The maximum atomic E-state index is 14.0. The zero-order valence-electron chi connectivity index (χ0n) is 23.7. The smallest absolute Gasteiger partial charge is 0.281 e. The molecular weight excluding hydrogens is 524 g/mol. The molecule has 0 unspecified atom stereocenters. The van der Waals surface area contributed by atoms with Gasteiger partial charge in [-0.1, -0.05) is 36.4 Å². The van der Waals surface area contributed by atoms with Crippen molar-refractivity contribution in [3.8, 4) is 28.4 Å². The van der Waals surface area contributed by atoms with Crippen molar-refractivity contribution in [3.63, 3.8) is 0 Å². The summed E-state index contributed by atoms with van der Waals surface area (Å²) in [5, 5.41) is 11.2. The maximum absolute atomic E-state index is 14.0. The first-order chi connectivity index (χ1) is 20.6. The lowest BCUT2D eigenvalue weighted by Gasteiger charge is -2.11. The van der Waals surface area contributed by atoms with E-state index in [1.165, 1.54) is 5.01 Å². The molecule has 0 atom stereocenters. The number of hydrazone groups is 1. The highest BCUT2D eigenvalue weighted by atomic mass is 16.5. The summed E-state index contributed by atoms with van der Waals surface area (Å²) < 4.78 is 13.0. The standard InChI is InChI=1S/C35H30N4O3/c1-4-42-32-20-17-26(21-24(32)2)33-27(23-38(36-33)28-11-7-5-8-12-28)22-31-34(25-15-18-30(41-3)19-16-25)37-39(35(31)40)29-13-9-6-10-14-29/h5-23H,4H2,1-3H3/b31-22-. The fraction of sp³-hybridized carbons (Fsp3) is 0.114. The third-order valence-corrected chi connectivity index (χ3v) is 7.05. The Hall–Kier alpha value is -5.43. The number of amides is 1. The molecule has 7 heteroatoms. The average Bonchev–Trinajstić information content (AvgIpc) is 3.60. The van der Waals surface area contributed by atoms with Crippen LogP contribution >= 0.6 is 0 Å². The third-order valence-electron chi connectivity index (χ3n) is 7.05. The van der Waals surface area contributed by atoms with Gasteiger partial charge in [0.2, 0.25) is 0 Å². The van der Waals surface area contributed by atoms with Gasteiger partial charge in [-0.15, -0.1) is 0 Å². The maximum Gasteiger partial charge on any atom is 0.281 e. The van der Waals surface area contributed by atoms with Crippen molar-refractivity contribution in [2.45, 2.75) is 13.8 Å². The molecular formula is C35H30N4O3. The SMILES string of the molecule is CCOc1ccc(-c2nn(-c3ccccc3)cc2/C=C2\C(=O)N(c3ccccc3)N=C2c2ccc(OC)cc2)cc1C. The lowest BCUT2D eigenvalue weighted by atomic mass is 9.98. The first-order valence-corrected chi connectivity index (χ1v) is 13.8. The monoisotopic (exact) mass is 554 g/mol. The van der Waals surface area contributed by atoms with Crippen LogP contribution in [0, 0.1) is 6.92 Å². The molecule has 208 valence electrons. The fourth-order valence-electron chi connectivity index (χ4n) is 4.95. The second kappa shape index (κ2) is 11.6. The Morgan fingerprint density at radius 2 is 1.50 bits per heavy atom. The molecule has 0 aliphatic carbocycles. The number of nitrogens with zero attached hydrogens (tertiary/aromatic N) is 4. The minimum atomic E-state index is -0.215. The van der Waals surface area contributed by atoms with E-state index in [0.717, 1.165) is 45.1 Å². The molecule has 0 fully saturated rings. The van der Waals surface area contributed by atoms with Gasteiger partial charge in [0.1, 0.15) is 17.2 Å². The molecule has 1 aliphatic heterocycles. The van der Waals surface area contributed by atoms with E-state index >= 15 is 0 Å². The minimum Gasteiger partial charge on any atom is -0.497 e. The molecule has 0 radical (unpaired) electrons. The van der Waals surface area contributed by atoms with E-state index in [0.29, 0.717) is 23.6 Å². The normalized spacial score (nSPS) is 13.9. The molecule has 1 aromatic heterocycles. The van der Waals surface area contributed by atoms with Crippen LogP contribution < -0.4 is 14.5 Å². The summed E-state index contributed by atoms with van der Waals surface area (Å²) >= 11 is 0. The van der Waals surface area contributed by atoms with E-state index in [9.17, 15) is 4.79 Å². The highest BCUT2D eigenvalue weighted by Crippen LogP contribution is 2.33. The van der Waals surface area contributed by atoms with E-state index in [2.05, 4.69) is 6.07 Å². The van der Waals surface area contributed by atoms with Crippen molar-refractivity contribution in [1.82, 2.24) is 9.78 Å². The summed E-state index contributed by atoms with van der Waals surface area (Å²) in [6.07, 6.45) is 3.84. The van der Waals surface area contributed by atoms with Gasteiger partial charge in [-0.25, -0.2) is 4.68 Å². The largest absolute Gasteiger partial charge is 0.497 e. The molecule has 0 N–H and O–H groups in total. The Kier molecular flexibility index (Phi) is 7.39. The van der Waals surface area contributed by atoms with E-state index in [1.54, 1.807) is 7.11 Å². The Morgan fingerprint density at radius 3 is 2.14 bits per heavy atom. The predicted molar refractivity (Wildman–Crippen MR) is 166 cm³/mol. The fourth-order valence-corrected chi connectivity index (χ4v) is 4.95. The molecule has 1 aliphatic rings. The van der Waals surface area contributed by atoms with Crippen LogP contribution in [0.15, 0.2) is 120 Å². The molecule has 7 nitrogen and oxygen atoms in total. The Bertz CT molecular complexity index is 1790. The molecule has 42 heavy (non-hydrogen) atoms. The van der Waals surface area contributed by atoms with Gasteiger partial charge < -0.3 is 9.47 Å². The van der Waals surface area contributed by atoms with Gasteiger partial charge in [-0.2, -0.15) is 15.2 Å². The lowest BCUT2D eigenvalue weighted by molar-refractivity contribution is -0.114. The number of carbonyl (C=O) groups excluding carboxylic acids is 1. The summed E-state index contributed by atoms with van der Waals surface area (Å²) in [5.74, 6) is 1.35. The number of benzene rings is 4. The number of carbonyl (C=O) groups is 1. The van der Waals surface area contributed by atoms with E-state index in [4.69, 9.17) is 19.7 Å². The minimum absolute atomic E-state index is 0.215. The van der Waals surface area contributed by atoms with E-state index < -0.39 is 0 Å². The van der Waals surface area contributed by atoms with E-state index in [1.807, 2.05) is 128 Å². The van der Waals surface area contributed by atoms with Crippen LogP contribution in [-0.4, -0.2) is 35.1 Å². The number of hydrogen-bond acceptors (Lipinski definition) is 5. The Morgan fingerprint density at radius 1 is 0.833 bits per heavy atom. The number of para-hydroxylation sites is 2. The van der Waals surface area contributed by atoms with E-state index in [-0.39, 0.29) is 5.91 Å². The van der Waals surface area contributed by atoms with Crippen LogP contribution in [0.5, 0.6) is 11.5 Å². The van der Waals surface area contributed by atoms with Gasteiger partial charge in [0.05, 0.1) is 36.4 Å². The molecule has 0 bridgehead atoms. The van der Waals surface area contributed by atoms with Gasteiger partial charge in [0.25, 0.3) is 5.91 Å². The number of hydrogen-bond donors (Lipinski definition) is 0. The van der Waals surface area contributed by atoms with Crippen molar-refractivity contribution < 1.29 is 14.3 Å². The van der Waals surface area contributed by atoms with Crippen LogP contribution in [0.1, 0.15) is 23.6 Å². The first kappa shape index (κ1) is 26.8. The second-order valence-electron chi connectivity index (χ2n) is 9.81. The molecule has 1 amide bonds. The number of methoxy groups -OCH3 is 1.